The smallest absolute Gasteiger partial charge is 0.170 e. The van der Waals surface area contributed by atoms with Crippen LogP contribution in [0, 0.1) is 11.7 Å². The van der Waals surface area contributed by atoms with E-state index in [1.165, 1.54) is 57.8 Å². The van der Waals surface area contributed by atoms with E-state index >= 15 is 0 Å². The van der Waals surface area contributed by atoms with Gasteiger partial charge in [-0.25, -0.2) is 4.39 Å². The van der Waals surface area contributed by atoms with Crippen LogP contribution >= 0.6 is 11.6 Å². The Labute approximate surface area is 224 Å². The number of likely N-dealkylation sites (tertiary alicyclic amines) is 1. The largest absolute Gasteiger partial charge is 0.504 e. The summed E-state index contributed by atoms with van der Waals surface area (Å²) in [5.74, 6) is -0.633. The summed E-state index contributed by atoms with van der Waals surface area (Å²) in [6.07, 6.45) is 10.2. The maximum absolute atomic E-state index is 14.2. The Hall–Kier alpha value is -2.70. The van der Waals surface area contributed by atoms with Gasteiger partial charge in [-0.3, -0.25) is 9.78 Å². The number of hydrogen-bond donors (Lipinski definition) is 2. The van der Waals surface area contributed by atoms with Crippen LogP contribution in [0.5, 0.6) is 5.75 Å². The first kappa shape index (κ1) is 27.3. The Morgan fingerprint density at radius 2 is 1.84 bits per heavy atom. The van der Waals surface area contributed by atoms with E-state index < -0.39 is 11.6 Å². The zero-order valence-electron chi connectivity index (χ0n) is 20.7. The number of phenols is 1. The van der Waals surface area contributed by atoms with Crippen molar-refractivity contribution in [1.29, 1.82) is 0 Å². The van der Waals surface area contributed by atoms with Gasteiger partial charge in [0.15, 0.2) is 17.3 Å². The minimum atomic E-state index is -0.770. The molecule has 2 N–H and O–H groups in total. The van der Waals surface area contributed by atoms with Crippen molar-refractivity contribution in [3.63, 3.8) is 0 Å². The van der Waals surface area contributed by atoms with Gasteiger partial charge in [0.25, 0.3) is 0 Å². The van der Waals surface area contributed by atoms with Crippen molar-refractivity contribution in [2.75, 3.05) is 25.0 Å². The second-order valence-electron chi connectivity index (χ2n) is 10.3. The average Bonchev–Trinajstić information content (AvgIpc) is 2.88. The molecule has 2 aromatic carbocycles. The number of halogens is 2. The van der Waals surface area contributed by atoms with Crippen molar-refractivity contribution in [3.8, 4) is 16.9 Å². The fraction of sp³-hybridized carbons (Fsp3) is 0.467. The van der Waals surface area contributed by atoms with Gasteiger partial charge in [0.05, 0.1) is 21.8 Å². The molecule has 1 aliphatic carbocycles. The number of benzene rings is 2. The van der Waals surface area contributed by atoms with Crippen molar-refractivity contribution in [1.82, 2.24) is 9.88 Å². The van der Waals surface area contributed by atoms with E-state index in [0.29, 0.717) is 11.1 Å². The number of hydrogen-bond acceptors (Lipinski definition) is 5. The number of rotatable bonds is 6. The summed E-state index contributed by atoms with van der Waals surface area (Å²) in [6, 6.07) is 8.73. The van der Waals surface area contributed by atoms with Gasteiger partial charge in [0.1, 0.15) is 0 Å². The maximum Gasteiger partial charge on any atom is 0.170 e. The zero-order valence-corrected chi connectivity index (χ0v) is 21.5. The number of piperidine rings is 1. The highest BCUT2D eigenvalue weighted by Gasteiger charge is 2.25. The fourth-order valence-corrected chi connectivity index (χ4v) is 5.94. The quantitative estimate of drug-likeness (QED) is 0.323. The molecule has 1 saturated heterocycles. The van der Waals surface area contributed by atoms with E-state index in [-0.39, 0.29) is 24.3 Å². The Bertz CT molecular complexity index is 1240. The van der Waals surface area contributed by atoms with Crippen LogP contribution in [0.2, 0.25) is 5.02 Å². The highest BCUT2D eigenvalue weighted by atomic mass is 35.5. The summed E-state index contributed by atoms with van der Waals surface area (Å²) in [7, 11) is 0. The molecule has 0 unspecified atom stereocenters. The average molecular weight is 526 g/mol. The number of aromatic nitrogens is 1. The second kappa shape index (κ2) is 11.8. The predicted molar refractivity (Wildman–Crippen MR) is 150 cm³/mol. The summed E-state index contributed by atoms with van der Waals surface area (Å²) < 4.78 is 14.2. The normalized spacial score (nSPS) is 20.4. The predicted octanol–water partition coefficient (Wildman–Crippen LogP) is 7.70. The molecule has 0 atom stereocenters. The van der Waals surface area contributed by atoms with Gasteiger partial charge in [-0.05, 0) is 99.8 Å². The molecule has 5 rings (SSSR count). The summed E-state index contributed by atoms with van der Waals surface area (Å²) >= 11 is 6.02. The molecule has 2 aliphatic rings. The second-order valence-corrected chi connectivity index (χ2v) is 10.8. The molecular weight excluding hydrogens is 489 g/mol. The Morgan fingerprint density at radius 1 is 1.11 bits per heavy atom. The van der Waals surface area contributed by atoms with Crippen molar-refractivity contribution >= 4 is 34.0 Å². The highest BCUT2D eigenvalue weighted by molar-refractivity contribution is 6.32. The molecule has 3 aromatic rings. The minimum Gasteiger partial charge on any atom is -0.504 e. The Balaban J connectivity index is 0.00000320. The molecule has 1 aromatic heterocycles. The van der Waals surface area contributed by atoms with Crippen molar-refractivity contribution in [3.05, 3.63) is 52.9 Å². The van der Waals surface area contributed by atoms with Gasteiger partial charge < -0.3 is 15.3 Å². The molecule has 2 fully saturated rings. The van der Waals surface area contributed by atoms with E-state index in [9.17, 15) is 14.3 Å². The number of Topliss-reactive ketones (excluding diaryl/α,β-unsaturated/α-hetero) is 1. The molecule has 1 saturated carbocycles. The number of carbonyl (C=O) groups is 1. The van der Waals surface area contributed by atoms with E-state index in [4.69, 9.17) is 11.6 Å². The van der Waals surface area contributed by atoms with Crippen LogP contribution in [0.25, 0.3) is 22.0 Å². The van der Waals surface area contributed by atoms with Gasteiger partial charge in [0, 0.05) is 24.2 Å². The van der Waals surface area contributed by atoms with Crippen LogP contribution in [0.1, 0.15) is 69.7 Å². The lowest BCUT2D eigenvalue weighted by atomic mass is 9.85. The van der Waals surface area contributed by atoms with E-state index in [1.807, 2.05) is 18.2 Å². The van der Waals surface area contributed by atoms with Crippen LogP contribution in [0.15, 0.2) is 36.5 Å². The molecule has 5 nitrogen and oxygen atoms in total. The van der Waals surface area contributed by atoms with Crippen LogP contribution in [0.3, 0.4) is 0 Å². The van der Waals surface area contributed by atoms with E-state index in [2.05, 4.69) is 15.2 Å². The van der Waals surface area contributed by atoms with Gasteiger partial charge in [-0.1, -0.05) is 31.5 Å². The van der Waals surface area contributed by atoms with Crippen LogP contribution in [-0.4, -0.2) is 46.4 Å². The molecule has 0 amide bonds. The van der Waals surface area contributed by atoms with Crippen LogP contribution in [0.4, 0.5) is 10.1 Å². The Kier molecular flexibility index (Phi) is 8.71. The molecule has 1 aliphatic heterocycles. The number of anilines is 1. The SMILES string of the molecule is C.CC(=O)c1cnc2ccc(-c3cc(F)c(O)c(Cl)c3)cc2c1NC1CCC(CN2CCCCC2)CC1. The number of fused-ring (bicyclic) bond motifs is 1. The number of phenolic OH excluding ortho intramolecular Hbond substituents is 1. The number of nitrogens with one attached hydrogen (secondary N) is 1. The molecular formula is C30H37ClFN3O2. The van der Waals surface area contributed by atoms with Gasteiger partial charge in [0.2, 0.25) is 0 Å². The molecule has 37 heavy (non-hydrogen) atoms. The van der Waals surface area contributed by atoms with E-state index in [1.54, 1.807) is 19.2 Å². The lowest BCUT2D eigenvalue weighted by molar-refractivity contribution is 0.101. The molecule has 198 valence electrons. The molecule has 7 heteroatoms. The third kappa shape index (κ3) is 6.07. The molecule has 0 spiro atoms. The number of ketones is 1. The number of nitrogens with zero attached hydrogens (tertiary/aromatic N) is 2. The van der Waals surface area contributed by atoms with Crippen LogP contribution < -0.4 is 5.32 Å². The summed E-state index contributed by atoms with van der Waals surface area (Å²) in [4.78, 5) is 19.7. The fourth-order valence-electron chi connectivity index (χ4n) is 5.73. The Morgan fingerprint density at radius 3 is 2.51 bits per heavy atom. The third-order valence-corrected chi connectivity index (χ3v) is 8.05. The van der Waals surface area contributed by atoms with Gasteiger partial charge in [-0.2, -0.15) is 0 Å². The number of carbonyl (C=O) groups excluding carboxylic acids is 1. The first-order chi connectivity index (χ1) is 17.4. The monoisotopic (exact) mass is 525 g/mol. The zero-order chi connectivity index (χ0) is 25.2. The van der Waals surface area contributed by atoms with Crippen molar-refractivity contribution < 1.29 is 14.3 Å². The van der Waals surface area contributed by atoms with Crippen LogP contribution in [-0.2, 0) is 0 Å². The standard InChI is InChI=1S/C29H33ClFN3O2.CH4/c1-18(35)24-16-32-27-10-7-20(21-14-25(30)29(36)26(31)15-21)13-23(27)28(24)33-22-8-5-19(6-9-22)17-34-11-3-2-4-12-34;/h7,10,13-16,19,22,36H,2-6,8-9,11-12,17H2,1H3,(H,32,33);1H4. The number of aromatic hydroxyl groups is 1. The highest BCUT2D eigenvalue weighted by Crippen LogP contribution is 2.37. The maximum atomic E-state index is 14.2. The van der Waals surface area contributed by atoms with Crippen molar-refractivity contribution in [2.45, 2.75) is 65.3 Å². The molecule has 2 heterocycles. The van der Waals surface area contributed by atoms with Crippen molar-refractivity contribution in [2.24, 2.45) is 5.92 Å². The number of pyridine rings is 1. The summed E-state index contributed by atoms with van der Waals surface area (Å²) in [5.41, 5.74) is 3.40. The summed E-state index contributed by atoms with van der Waals surface area (Å²) in [6.45, 7) is 5.24. The van der Waals surface area contributed by atoms with E-state index in [0.717, 1.165) is 40.9 Å². The third-order valence-electron chi connectivity index (χ3n) is 7.76. The molecule has 0 bridgehead atoms. The van der Waals surface area contributed by atoms with Gasteiger partial charge >= 0.3 is 0 Å². The van der Waals surface area contributed by atoms with Gasteiger partial charge in [-0.15, -0.1) is 0 Å². The lowest BCUT2D eigenvalue weighted by Crippen LogP contribution is -2.37. The lowest BCUT2D eigenvalue weighted by Gasteiger charge is -2.35. The first-order valence-corrected chi connectivity index (χ1v) is 13.4. The minimum absolute atomic E-state index is 0. The summed E-state index contributed by atoms with van der Waals surface area (Å²) in [5, 5.41) is 14.2. The molecule has 0 radical (unpaired) electrons. The first-order valence-electron chi connectivity index (χ1n) is 13.0. The topological polar surface area (TPSA) is 65.5 Å².